The molecule has 1 saturated carbocycles. The first-order valence-electron chi connectivity index (χ1n) is 6.94. The molecule has 1 aliphatic carbocycles. The molecule has 1 aromatic rings. The van der Waals surface area contributed by atoms with Gasteiger partial charge in [0.05, 0.1) is 17.6 Å². The van der Waals surface area contributed by atoms with Crippen LogP contribution in [0.25, 0.3) is 0 Å². The molecule has 7 nitrogen and oxygen atoms in total. The number of rotatable bonds is 6. The summed E-state index contributed by atoms with van der Waals surface area (Å²) in [4.78, 5) is 10.5. The maximum absolute atomic E-state index is 10.9. The molecule has 1 heterocycles. The summed E-state index contributed by atoms with van der Waals surface area (Å²) in [6.07, 6.45) is 2.88. The predicted octanol–water partition coefficient (Wildman–Crippen LogP) is 1.30. The zero-order valence-electron chi connectivity index (χ0n) is 12.2. The Labute approximate surface area is 118 Å². The molecule has 0 aliphatic heterocycles. The Hall–Kier alpha value is -1.47. The lowest BCUT2D eigenvalue weighted by molar-refractivity contribution is -0.386. The van der Waals surface area contributed by atoms with E-state index in [4.69, 9.17) is 0 Å². The van der Waals surface area contributed by atoms with Crippen molar-refractivity contribution in [2.45, 2.75) is 58.2 Å². The zero-order chi connectivity index (χ0) is 14.9. The van der Waals surface area contributed by atoms with E-state index in [9.17, 15) is 15.2 Å². The molecule has 0 radical (unpaired) electrons. The van der Waals surface area contributed by atoms with Crippen LogP contribution in [0.3, 0.4) is 0 Å². The molecule has 0 saturated heterocycles. The van der Waals surface area contributed by atoms with E-state index in [0.29, 0.717) is 17.9 Å². The highest BCUT2D eigenvalue weighted by molar-refractivity contribution is 5.39. The van der Waals surface area contributed by atoms with Gasteiger partial charge in [-0.15, -0.1) is 0 Å². The van der Waals surface area contributed by atoms with Crippen LogP contribution >= 0.6 is 0 Å². The fraction of sp³-hybridized carbons (Fsp3) is 0.769. The normalized spacial score (nSPS) is 18.6. The smallest absolute Gasteiger partial charge is 0.312 e. The van der Waals surface area contributed by atoms with Crippen molar-refractivity contribution in [2.24, 2.45) is 0 Å². The van der Waals surface area contributed by atoms with Crippen molar-refractivity contribution < 1.29 is 10.0 Å². The first kappa shape index (κ1) is 14.9. The van der Waals surface area contributed by atoms with E-state index in [1.165, 1.54) is 11.1 Å². The van der Waals surface area contributed by atoms with Gasteiger partial charge in [0.15, 0.2) is 0 Å². The van der Waals surface area contributed by atoms with Gasteiger partial charge in [-0.1, -0.05) is 0 Å². The quantitative estimate of drug-likeness (QED) is 0.606. The minimum Gasteiger partial charge on any atom is -0.390 e. The minimum atomic E-state index is -0.606. The standard InChI is InChI=1S/C13H22N4O3/c1-9-12(17(19)20)10(2)16(15-9)8-11(18)7-14-13(3)5-4-6-13/h11,14,18H,4-8H2,1-3H3. The van der Waals surface area contributed by atoms with Gasteiger partial charge in [-0.25, -0.2) is 0 Å². The first-order valence-corrected chi connectivity index (χ1v) is 6.94. The summed E-state index contributed by atoms with van der Waals surface area (Å²) < 4.78 is 1.52. The number of nitrogens with zero attached hydrogens (tertiary/aromatic N) is 3. The van der Waals surface area contributed by atoms with Crippen LogP contribution < -0.4 is 5.32 Å². The van der Waals surface area contributed by atoms with Crippen LogP contribution in [0.4, 0.5) is 5.69 Å². The van der Waals surface area contributed by atoms with Crippen molar-refractivity contribution in [2.75, 3.05) is 6.54 Å². The van der Waals surface area contributed by atoms with Gasteiger partial charge in [0, 0.05) is 12.1 Å². The van der Waals surface area contributed by atoms with E-state index in [1.54, 1.807) is 13.8 Å². The Kier molecular flexibility index (Phi) is 4.10. The molecule has 112 valence electrons. The number of nitro groups is 1. The molecular weight excluding hydrogens is 260 g/mol. The monoisotopic (exact) mass is 282 g/mol. The largest absolute Gasteiger partial charge is 0.390 e. The molecule has 1 aromatic heterocycles. The summed E-state index contributed by atoms with van der Waals surface area (Å²) in [6.45, 7) is 6.16. The number of hydrogen-bond donors (Lipinski definition) is 2. The van der Waals surface area contributed by atoms with E-state index in [2.05, 4.69) is 17.3 Å². The maximum atomic E-state index is 10.9. The molecule has 2 rings (SSSR count). The average molecular weight is 282 g/mol. The van der Waals surface area contributed by atoms with Gasteiger partial charge in [0.1, 0.15) is 11.4 Å². The molecule has 1 fully saturated rings. The predicted molar refractivity (Wildman–Crippen MR) is 74.6 cm³/mol. The minimum absolute atomic E-state index is 0.0381. The molecule has 20 heavy (non-hydrogen) atoms. The van der Waals surface area contributed by atoms with Gasteiger partial charge in [0.2, 0.25) is 0 Å². The lowest BCUT2D eigenvalue weighted by atomic mass is 9.78. The fourth-order valence-corrected chi connectivity index (χ4v) is 2.64. The number of aliphatic hydroxyl groups is 1. The highest BCUT2D eigenvalue weighted by atomic mass is 16.6. The highest BCUT2D eigenvalue weighted by Crippen LogP contribution is 2.30. The molecule has 0 amide bonds. The number of aromatic nitrogens is 2. The van der Waals surface area contributed by atoms with Crippen LogP contribution in [0.1, 0.15) is 37.6 Å². The topological polar surface area (TPSA) is 93.2 Å². The lowest BCUT2D eigenvalue weighted by Gasteiger charge is -2.40. The van der Waals surface area contributed by atoms with Crippen LogP contribution in [0, 0.1) is 24.0 Å². The second kappa shape index (κ2) is 5.49. The SMILES string of the molecule is Cc1nn(CC(O)CNC2(C)CCC2)c(C)c1[N+](=O)[O-]. The van der Waals surface area contributed by atoms with Crippen molar-refractivity contribution in [3.05, 3.63) is 21.5 Å². The van der Waals surface area contributed by atoms with E-state index < -0.39 is 11.0 Å². The summed E-state index contributed by atoms with van der Waals surface area (Å²) in [7, 11) is 0. The third kappa shape index (κ3) is 2.99. The van der Waals surface area contributed by atoms with Crippen molar-refractivity contribution in [1.29, 1.82) is 0 Å². The second-order valence-corrected chi connectivity index (χ2v) is 5.91. The van der Waals surface area contributed by atoms with Gasteiger partial charge in [-0.2, -0.15) is 5.10 Å². The van der Waals surface area contributed by atoms with E-state index in [0.717, 1.165) is 12.8 Å². The number of aryl methyl sites for hydroxylation is 1. The third-order valence-corrected chi connectivity index (χ3v) is 4.13. The highest BCUT2D eigenvalue weighted by Gasteiger charge is 2.31. The molecule has 1 unspecified atom stereocenters. The van der Waals surface area contributed by atoms with Crippen molar-refractivity contribution in [3.8, 4) is 0 Å². The van der Waals surface area contributed by atoms with Gasteiger partial charge in [0.25, 0.3) is 0 Å². The fourth-order valence-electron chi connectivity index (χ4n) is 2.64. The van der Waals surface area contributed by atoms with Gasteiger partial charge in [-0.3, -0.25) is 14.8 Å². The lowest BCUT2D eigenvalue weighted by Crippen LogP contribution is -2.51. The van der Waals surface area contributed by atoms with Crippen LogP contribution in [0.5, 0.6) is 0 Å². The third-order valence-electron chi connectivity index (χ3n) is 4.13. The first-order chi connectivity index (χ1) is 9.32. The average Bonchev–Trinajstić information content (AvgIpc) is 2.59. The number of hydrogen-bond acceptors (Lipinski definition) is 5. The molecule has 1 atom stereocenters. The van der Waals surface area contributed by atoms with Crippen molar-refractivity contribution in [1.82, 2.24) is 15.1 Å². The molecule has 0 spiro atoms. The summed E-state index contributed by atoms with van der Waals surface area (Å²) in [5.74, 6) is 0. The van der Waals surface area contributed by atoms with Gasteiger partial charge in [-0.05, 0) is 40.0 Å². The number of aliphatic hydroxyl groups excluding tert-OH is 1. The Bertz CT molecular complexity index is 508. The Morgan fingerprint density at radius 1 is 1.55 bits per heavy atom. The summed E-state index contributed by atoms with van der Waals surface area (Å²) >= 11 is 0. The molecule has 7 heteroatoms. The van der Waals surface area contributed by atoms with Crippen LogP contribution in [-0.2, 0) is 6.54 Å². The van der Waals surface area contributed by atoms with E-state index in [1.807, 2.05) is 0 Å². The number of nitrogens with one attached hydrogen (secondary N) is 1. The zero-order valence-corrected chi connectivity index (χ0v) is 12.2. The summed E-state index contributed by atoms with van der Waals surface area (Å²) in [5.41, 5.74) is 1.05. The molecular formula is C13H22N4O3. The summed E-state index contributed by atoms with van der Waals surface area (Å²) in [6, 6.07) is 0. The van der Waals surface area contributed by atoms with E-state index >= 15 is 0 Å². The summed E-state index contributed by atoms with van der Waals surface area (Å²) in [5, 5.41) is 28.5. The maximum Gasteiger partial charge on any atom is 0.312 e. The van der Waals surface area contributed by atoms with E-state index in [-0.39, 0.29) is 17.8 Å². The molecule has 0 aromatic carbocycles. The molecule has 0 bridgehead atoms. The van der Waals surface area contributed by atoms with Gasteiger partial charge < -0.3 is 10.4 Å². The number of β-amino-alcohol motifs (C(OH)–C–C–N with tert-alkyl or cyclic N) is 1. The Morgan fingerprint density at radius 3 is 2.65 bits per heavy atom. The van der Waals surface area contributed by atoms with Crippen molar-refractivity contribution in [3.63, 3.8) is 0 Å². The van der Waals surface area contributed by atoms with Crippen molar-refractivity contribution >= 4 is 5.69 Å². The second-order valence-electron chi connectivity index (χ2n) is 5.91. The van der Waals surface area contributed by atoms with Gasteiger partial charge >= 0.3 is 5.69 Å². The molecule has 1 aliphatic rings. The Morgan fingerprint density at radius 2 is 2.20 bits per heavy atom. The van der Waals surface area contributed by atoms with Crippen LogP contribution in [0.2, 0.25) is 0 Å². The van der Waals surface area contributed by atoms with Crippen LogP contribution in [0.15, 0.2) is 0 Å². The molecule has 2 N–H and O–H groups in total. The Balaban J connectivity index is 1.95. The van der Waals surface area contributed by atoms with Crippen LogP contribution in [-0.4, -0.2) is 38.0 Å².